The van der Waals surface area contributed by atoms with Gasteiger partial charge in [0.1, 0.15) is 29.3 Å². The number of likely N-dealkylation sites (tertiary alicyclic amines) is 2. The maximum Gasteiger partial charge on any atom is 0.164 e. The summed E-state index contributed by atoms with van der Waals surface area (Å²) >= 11 is 0. The zero-order valence-corrected chi connectivity index (χ0v) is 21.5. The third kappa shape index (κ3) is 4.40. The molecule has 1 unspecified atom stereocenters. The molecule has 0 bridgehead atoms. The number of benzene rings is 2. The van der Waals surface area contributed by atoms with Gasteiger partial charge in [0.2, 0.25) is 0 Å². The predicted octanol–water partition coefficient (Wildman–Crippen LogP) is 3.55. The van der Waals surface area contributed by atoms with Crippen LogP contribution in [0.25, 0.3) is 22.3 Å². The van der Waals surface area contributed by atoms with E-state index in [0.717, 1.165) is 78.9 Å². The van der Waals surface area contributed by atoms with Gasteiger partial charge < -0.3 is 15.8 Å². The molecule has 0 radical (unpaired) electrons. The standard InChI is InChI=1S/C29H34N8O/c30-28-26-27(20-6-8-25(9-7-20)38-24-4-2-1-3-5-24)34-37(29(26)33-19-32-28)21-10-13-35(14-11-21)22-12-15-36(18-22)23-16-31-17-23/h1-9,19,21-23,31H,10-18H2,(H2,30,32,33). The van der Waals surface area contributed by atoms with Crippen LogP contribution in [-0.2, 0) is 0 Å². The van der Waals surface area contributed by atoms with E-state index in [2.05, 4.69) is 29.8 Å². The topological polar surface area (TPSA) is 97.4 Å². The number of aromatic nitrogens is 4. The van der Waals surface area contributed by atoms with E-state index in [1.54, 1.807) is 6.33 Å². The number of nitrogen functional groups attached to an aromatic ring is 1. The highest BCUT2D eigenvalue weighted by Crippen LogP contribution is 2.36. The van der Waals surface area contributed by atoms with Crippen molar-refractivity contribution in [3.05, 3.63) is 60.9 Å². The van der Waals surface area contributed by atoms with E-state index < -0.39 is 0 Å². The fourth-order valence-corrected chi connectivity index (χ4v) is 6.18. The summed E-state index contributed by atoms with van der Waals surface area (Å²) in [7, 11) is 0. The van der Waals surface area contributed by atoms with E-state index in [9.17, 15) is 0 Å². The molecule has 0 saturated carbocycles. The summed E-state index contributed by atoms with van der Waals surface area (Å²) in [5.41, 5.74) is 9.00. The fraction of sp³-hybridized carbons (Fsp3) is 0.414. The van der Waals surface area contributed by atoms with Gasteiger partial charge >= 0.3 is 0 Å². The normalized spacial score (nSPS) is 21.6. The average molecular weight is 511 g/mol. The number of anilines is 1. The van der Waals surface area contributed by atoms with E-state index in [1.807, 2.05) is 54.6 Å². The van der Waals surface area contributed by atoms with Gasteiger partial charge in [-0.05, 0) is 55.7 Å². The molecule has 0 amide bonds. The molecule has 7 rings (SSSR count). The minimum atomic E-state index is 0.297. The smallest absolute Gasteiger partial charge is 0.164 e. The van der Waals surface area contributed by atoms with Crippen molar-refractivity contribution in [1.29, 1.82) is 0 Å². The molecule has 196 valence electrons. The van der Waals surface area contributed by atoms with Crippen LogP contribution < -0.4 is 15.8 Å². The van der Waals surface area contributed by atoms with Crippen LogP contribution in [0.5, 0.6) is 11.5 Å². The Bertz CT molecular complexity index is 1390. The highest BCUT2D eigenvalue weighted by atomic mass is 16.5. The summed E-state index contributed by atoms with van der Waals surface area (Å²) in [5, 5.41) is 9.33. The lowest BCUT2D eigenvalue weighted by molar-refractivity contribution is 0.117. The Morgan fingerprint density at radius 3 is 2.24 bits per heavy atom. The molecule has 9 nitrogen and oxygen atoms in total. The van der Waals surface area contributed by atoms with Crippen LogP contribution in [-0.4, -0.2) is 80.9 Å². The molecule has 2 aromatic heterocycles. The largest absolute Gasteiger partial charge is 0.457 e. The van der Waals surface area contributed by atoms with Gasteiger partial charge in [0.25, 0.3) is 0 Å². The number of rotatable bonds is 6. The lowest BCUT2D eigenvalue weighted by Gasteiger charge is -2.38. The van der Waals surface area contributed by atoms with Crippen molar-refractivity contribution in [2.24, 2.45) is 0 Å². The number of ether oxygens (including phenoxy) is 1. The van der Waals surface area contributed by atoms with Gasteiger partial charge in [-0.25, -0.2) is 14.6 Å². The summed E-state index contributed by atoms with van der Waals surface area (Å²) in [6, 6.07) is 19.5. The fourth-order valence-electron chi connectivity index (χ4n) is 6.18. The van der Waals surface area contributed by atoms with Crippen molar-refractivity contribution in [3.63, 3.8) is 0 Å². The lowest BCUT2D eigenvalue weighted by Crippen LogP contribution is -2.57. The second kappa shape index (κ2) is 9.98. The van der Waals surface area contributed by atoms with Crippen molar-refractivity contribution in [3.8, 4) is 22.8 Å². The summed E-state index contributed by atoms with van der Waals surface area (Å²) in [5.74, 6) is 2.05. The van der Waals surface area contributed by atoms with Crippen molar-refractivity contribution in [2.75, 3.05) is 45.0 Å². The predicted molar refractivity (Wildman–Crippen MR) is 148 cm³/mol. The molecule has 9 heteroatoms. The van der Waals surface area contributed by atoms with Crippen molar-refractivity contribution < 1.29 is 4.74 Å². The van der Waals surface area contributed by atoms with Gasteiger partial charge in [0.15, 0.2) is 5.65 Å². The van der Waals surface area contributed by atoms with Crippen LogP contribution in [0.1, 0.15) is 25.3 Å². The van der Waals surface area contributed by atoms with E-state index in [0.29, 0.717) is 17.9 Å². The van der Waals surface area contributed by atoms with Crippen molar-refractivity contribution in [1.82, 2.24) is 34.9 Å². The van der Waals surface area contributed by atoms with E-state index in [1.165, 1.54) is 19.5 Å². The van der Waals surface area contributed by atoms with Crippen LogP contribution in [0, 0.1) is 0 Å². The Morgan fingerprint density at radius 2 is 1.50 bits per heavy atom. The Kier molecular flexibility index (Phi) is 6.19. The number of hydrogen-bond acceptors (Lipinski definition) is 8. The molecule has 3 aliphatic rings. The van der Waals surface area contributed by atoms with Crippen LogP contribution >= 0.6 is 0 Å². The van der Waals surface area contributed by atoms with Crippen LogP contribution in [0.4, 0.5) is 5.82 Å². The molecule has 5 heterocycles. The third-order valence-electron chi connectivity index (χ3n) is 8.46. The number of nitrogens with zero attached hydrogens (tertiary/aromatic N) is 6. The Balaban J connectivity index is 1.09. The van der Waals surface area contributed by atoms with Gasteiger partial charge in [-0.3, -0.25) is 9.80 Å². The Labute approximate surface area is 222 Å². The Morgan fingerprint density at radius 1 is 0.789 bits per heavy atom. The van der Waals surface area contributed by atoms with Crippen molar-refractivity contribution >= 4 is 16.9 Å². The molecule has 1 atom stereocenters. The van der Waals surface area contributed by atoms with Crippen LogP contribution in [0.3, 0.4) is 0 Å². The monoisotopic (exact) mass is 510 g/mol. The minimum absolute atomic E-state index is 0.297. The van der Waals surface area contributed by atoms with Gasteiger partial charge in [0.05, 0.1) is 11.4 Å². The second-order valence-electron chi connectivity index (χ2n) is 10.7. The molecule has 3 fully saturated rings. The molecule has 0 aliphatic carbocycles. The molecule has 3 aliphatic heterocycles. The molecule has 2 aromatic carbocycles. The van der Waals surface area contributed by atoms with Crippen LogP contribution in [0.15, 0.2) is 60.9 Å². The summed E-state index contributed by atoms with van der Waals surface area (Å²) in [4.78, 5) is 14.3. The lowest BCUT2D eigenvalue weighted by atomic mass is 10.0. The number of piperidine rings is 1. The zero-order chi connectivity index (χ0) is 25.5. The molecular weight excluding hydrogens is 476 g/mol. The zero-order valence-electron chi connectivity index (χ0n) is 21.5. The molecular formula is C29H34N8O. The van der Waals surface area contributed by atoms with Crippen molar-refractivity contribution in [2.45, 2.75) is 37.4 Å². The van der Waals surface area contributed by atoms with Crippen LogP contribution in [0.2, 0.25) is 0 Å². The van der Waals surface area contributed by atoms with E-state index in [4.69, 9.17) is 15.6 Å². The maximum absolute atomic E-state index is 6.38. The van der Waals surface area contributed by atoms with Gasteiger partial charge in [0, 0.05) is 56.9 Å². The number of nitrogens with one attached hydrogen (secondary N) is 1. The third-order valence-corrected chi connectivity index (χ3v) is 8.46. The number of fused-ring (bicyclic) bond motifs is 1. The molecule has 3 N–H and O–H groups in total. The molecule has 0 spiro atoms. The minimum Gasteiger partial charge on any atom is -0.457 e. The van der Waals surface area contributed by atoms with Gasteiger partial charge in [-0.15, -0.1) is 0 Å². The first-order valence-corrected chi connectivity index (χ1v) is 13.7. The first-order valence-electron chi connectivity index (χ1n) is 13.7. The molecule has 4 aromatic rings. The highest BCUT2D eigenvalue weighted by molar-refractivity contribution is 5.98. The molecule has 3 saturated heterocycles. The SMILES string of the molecule is Nc1ncnc2c1c(-c1ccc(Oc3ccccc3)cc1)nn2C1CCN(C2CCN(C3CNC3)C2)CC1. The average Bonchev–Trinajstić information content (AvgIpc) is 3.55. The highest BCUT2D eigenvalue weighted by Gasteiger charge is 2.36. The first-order chi connectivity index (χ1) is 18.7. The van der Waals surface area contributed by atoms with E-state index in [-0.39, 0.29) is 0 Å². The first kappa shape index (κ1) is 23.6. The summed E-state index contributed by atoms with van der Waals surface area (Å²) < 4.78 is 8.08. The number of para-hydroxylation sites is 1. The molecule has 38 heavy (non-hydrogen) atoms. The van der Waals surface area contributed by atoms with Gasteiger partial charge in [-0.1, -0.05) is 18.2 Å². The van der Waals surface area contributed by atoms with E-state index >= 15 is 0 Å². The Hall–Kier alpha value is -3.53. The number of nitrogens with two attached hydrogens (primary N) is 1. The summed E-state index contributed by atoms with van der Waals surface area (Å²) in [6.07, 6.45) is 4.95. The summed E-state index contributed by atoms with van der Waals surface area (Å²) in [6.45, 7) is 6.92. The number of hydrogen-bond donors (Lipinski definition) is 2. The maximum atomic E-state index is 6.38. The second-order valence-corrected chi connectivity index (χ2v) is 10.7. The quantitative estimate of drug-likeness (QED) is 0.407. The van der Waals surface area contributed by atoms with Gasteiger partial charge in [-0.2, -0.15) is 5.10 Å².